The molecule has 0 saturated carbocycles. The standard InChI is InChI=1S/C18H19N3O2S2/c1-13-5-3-6-14(9-13)11-24-12-17(22)21(2)10-16-19-18(20-23-16)15-7-4-8-25-15/h3-9H,10-12H2,1-2H3. The second kappa shape index (κ2) is 8.31. The third-order valence-corrected chi connectivity index (χ3v) is 5.44. The number of hydrogen-bond donors (Lipinski definition) is 0. The monoisotopic (exact) mass is 373 g/mol. The lowest BCUT2D eigenvalue weighted by Crippen LogP contribution is -2.28. The Morgan fingerprint density at radius 3 is 2.96 bits per heavy atom. The molecule has 0 aliphatic heterocycles. The summed E-state index contributed by atoms with van der Waals surface area (Å²) in [4.78, 5) is 19.2. The van der Waals surface area contributed by atoms with Crippen LogP contribution in [0, 0.1) is 6.92 Å². The maximum atomic E-state index is 12.3. The highest BCUT2D eigenvalue weighted by molar-refractivity contribution is 7.99. The molecule has 0 N–H and O–H groups in total. The lowest BCUT2D eigenvalue weighted by atomic mass is 10.2. The van der Waals surface area contributed by atoms with Crippen molar-refractivity contribution in [2.75, 3.05) is 12.8 Å². The molecule has 3 aromatic rings. The second-order valence-electron chi connectivity index (χ2n) is 5.72. The minimum atomic E-state index is 0.0496. The van der Waals surface area contributed by atoms with Crippen LogP contribution in [0.3, 0.4) is 0 Å². The molecule has 0 aliphatic rings. The van der Waals surface area contributed by atoms with E-state index in [1.165, 1.54) is 11.1 Å². The van der Waals surface area contributed by atoms with Crippen molar-refractivity contribution < 1.29 is 9.32 Å². The number of thioether (sulfide) groups is 1. The van der Waals surface area contributed by atoms with E-state index in [0.717, 1.165) is 10.6 Å². The van der Waals surface area contributed by atoms with Crippen LogP contribution in [0.5, 0.6) is 0 Å². The van der Waals surface area contributed by atoms with Gasteiger partial charge < -0.3 is 9.42 Å². The molecule has 0 unspecified atom stereocenters. The van der Waals surface area contributed by atoms with Crippen LogP contribution in [0.1, 0.15) is 17.0 Å². The quantitative estimate of drug-likeness (QED) is 0.626. The summed E-state index contributed by atoms with van der Waals surface area (Å²) >= 11 is 3.16. The number of benzene rings is 1. The number of carbonyl (C=O) groups is 1. The SMILES string of the molecule is Cc1cccc(CSCC(=O)N(C)Cc2nc(-c3cccs3)no2)c1. The predicted octanol–water partition coefficient (Wildman–Crippen LogP) is 4.00. The van der Waals surface area contributed by atoms with Crippen molar-refractivity contribution in [2.24, 2.45) is 0 Å². The second-order valence-corrected chi connectivity index (χ2v) is 7.65. The summed E-state index contributed by atoms with van der Waals surface area (Å²) in [5.41, 5.74) is 2.47. The number of rotatable bonds is 7. The number of amides is 1. The molecule has 0 spiro atoms. The van der Waals surface area contributed by atoms with Gasteiger partial charge in [0.1, 0.15) is 0 Å². The van der Waals surface area contributed by atoms with Crippen molar-refractivity contribution in [3.63, 3.8) is 0 Å². The summed E-state index contributed by atoms with van der Waals surface area (Å²) in [5.74, 6) is 2.32. The fraction of sp³-hybridized carbons (Fsp3) is 0.278. The number of thiophene rings is 1. The van der Waals surface area contributed by atoms with Gasteiger partial charge >= 0.3 is 0 Å². The Labute approximate surface area is 155 Å². The summed E-state index contributed by atoms with van der Waals surface area (Å²) in [6, 6.07) is 12.2. The summed E-state index contributed by atoms with van der Waals surface area (Å²) in [5, 5.41) is 5.93. The molecular formula is C18H19N3O2S2. The third-order valence-electron chi connectivity index (χ3n) is 3.58. The first-order chi connectivity index (χ1) is 12.1. The largest absolute Gasteiger partial charge is 0.337 e. The van der Waals surface area contributed by atoms with Crippen molar-refractivity contribution in [2.45, 2.75) is 19.2 Å². The molecular weight excluding hydrogens is 354 g/mol. The van der Waals surface area contributed by atoms with E-state index >= 15 is 0 Å². The van der Waals surface area contributed by atoms with E-state index in [0.29, 0.717) is 24.0 Å². The van der Waals surface area contributed by atoms with Crippen LogP contribution in [0.25, 0.3) is 10.7 Å². The van der Waals surface area contributed by atoms with Gasteiger partial charge in [0.25, 0.3) is 0 Å². The molecule has 1 amide bonds. The molecule has 130 valence electrons. The van der Waals surface area contributed by atoms with Crippen LogP contribution in [0.15, 0.2) is 46.3 Å². The molecule has 0 atom stereocenters. The Bertz CT molecular complexity index is 830. The summed E-state index contributed by atoms with van der Waals surface area (Å²) < 4.78 is 5.24. The first kappa shape index (κ1) is 17.7. The third kappa shape index (κ3) is 4.93. The van der Waals surface area contributed by atoms with E-state index in [9.17, 15) is 4.79 Å². The highest BCUT2D eigenvalue weighted by Crippen LogP contribution is 2.21. The summed E-state index contributed by atoms with van der Waals surface area (Å²) in [6.45, 7) is 2.39. The maximum absolute atomic E-state index is 12.3. The van der Waals surface area contributed by atoms with Crippen molar-refractivity contribution in [1.29, 1.82) is 0 Å². The van der Waals surface area contributed by atoms with Crippen molar-refractivity contribution >= 4 is 29.0 Å². The van der Waals surface area contributed by atoms with Crippen molar-refractivity contribution in [1.82, 2.24) is 15.0 Å². The fourth-order valence-electron chi connectivity index (χ4n) is 2.28. The zero-order valence-corrected chi connectivity index (χ0v) is 15.8. The molecule has 7 heteroatoms. The van der Waals surface area contributed by atoms with Gasteiger partial charge in [0, 0.05) is 12.8 Å². The van der Waals surface area contributed by atoms with E-state index in [2.05, 4.69) is 35.3 Å². The van der Waals surface area contributed by atoms with Crippen molar-refractivity contribution in [3.8, 4) is 10.7 Å². The van der Waals surface area contributed by atoms with Gasteiger partial charge in [0.05, 0.1) is 17.2 Å². The van der Waals surface area contributed by atoms with Gasteiger partial charge in [-0.3, -0.25) is 4.79 Å². The molecule has 0 radical (unpaired) electrons. The lowest BCUT2D eigenvalue weighted by molar-refractivity contribution is -0.127. The number of carbonyl (C=O) groups excluding carboxylic acids is 1. The van der Waals surface area contributed by atoms with Gasteiger partial charge in [0.15, 0.2) is 0 Å². The predicted molar refractivity (Wildman–Crippen MR) is 101 cm³/mol. The smallest absolute Gasteiger partial charge is 0.246 e. The minimum absolute atomic E-state index is 0.0496. The van der Waals surface area contributed by atoms with E-state index in [1.807, 2.05) is 23.6 Å². The topological polar surface area (TPSA) is 59.2 Å². The Hall–Kier alpha value is -2.12. The maximum Gasteiger partial charge on any atom is 0.246 e. The molecule has 2 aromatic heterocycles. The van der Waals surface area contributed by atoms with Gasteiger partial charge in [-0.05, 0) is 23.9 Å². The molecule has 2 heterocycles. The summed E-state index contributed by atoms with van der Waals surface area (Å²) in [6.07, 6.45) is 0. The van der Waals surface area contributed by atoms with E-state index in [1.54, 1.807) is 35.0 Å². The average molecular weight is 374 g/mol. The van der Waals surface area contributed by atoms with Gasteiger partial charge in [-0.15, -0.1) is 23.1 Å². The highest BCUT2D eigenvalue weighted by atomic mass is 32.2. The minimum Gasteiger partial charge on any atom is -0.337 e. The molecule has 0 fully saturated rings. The number of aryl methyl sites for hydroxylation is 1. The first-order valence-corrected chi connectivity index (χ1v) is 9.89. The van der Waals surface area contributed by atoms with Crippen LogP contribution < -0.4 is 0 Å². The molecule has 5 nitrogen and oxygen atoms in total. The molecule has 0 saturated heterocycles. The van der Waals surface area contributed by atoms with E-state index in [4.69, 9.17) is 4.52 Å². The molecule has 0 bridgehead atoms. The molecule has 25 heavy (non-hydrogen) atoms. The lowest BCUT2D eigenvalue weighted by Gasteiger charge is -2.14. The van der Waals surface area contributed by atoms with Crippen molar-refractivity contribution in [3.05, 3.63) is 58.8 Å². The van der Waals surface area contributed by atoms with E-state index < -0.39 is 0 Å². The Balaban J connectivity index is 1.47. The Morgan fingerprint density at radius 1 is 1.32 bits per heavy atom. The van der Waals surface area contributed by atoms with Gasteiger partial charge in [-0.2, -0.15) is 4.98 Å². The zero-order valence-electron chi connectivity index (χ0n) is 14.1. The highest BCUT2D eigenvalue weighted by Gasteiger charge is 2.15. The molecule has 0 aliphatic carbocycles. The van der Waals surface area contributed by atoms with Gasteiger partial charge in [-0.25, -0.2) is 0 Å². The molecule has 1 aromatic carbocycles. The fourth-order valence-corrected chi connectivity index (χ4v) is 3.85. The molecule has 3 rings (SSSR count). The first-order valence-electron chi connectivity index (χ1n) is 7.85. The normalized spacial score (nSPS) is 10.8. The van der Waals surface area contributed by atoms with Crippen LogP contribution in [0.4, 0.5) is 0 Å². The van der Waals surface area contributed by atoms with Crippen LogP contribution >= 0.6 is 23.1 Å². The van der Waals surface area contributed by atoms with Gasteiger partial charge in [0.2, 0.25) is 17.6 Å². The summed E-state index contributed by atoms with van der Waals surface area (Å²) in [7, 11) is 1.75. The van der Waals surface area contributed by atoms with Crippen LogP contribution in [0.2, 0.25) is 0 Å². The van der Waals surface area contributed by atoms with Gasteiger partial charge in [-0.1, -0.05) is 41.1 Å². The van der Waals surface area contributed by atoms with Crippen LogP contribution in [-0.2, 0) is 17.1 Å². The Morgan fingerprint density at radius 2 is 2.20 bits per heavy atom. The number of nitrogens with zero attached hydrogens (tertiary/aromatic N) is 3. The zero-order chi connectivity index (χ0) is 17.6. The number of aromatic nitrogens is 2. The van der Waals surface area contributed by atoms with Crippen LogP contribution in [-0.4, -0.2) is 33.7 Å². The number of hydrogen-bond acceptors (Lipinski definition) is 6. The average Bonchev–Trinajstić information content (AvgIpc) is 3.26. The van der Waals surface area contributed by atoms with E-state index in [-0.39, 0.29) is 5.91 Å². The Kier molecular flexibility index (Phi) is 5.88.